The van der Waals surface area contributed by atoms with E-state index in [0.29, 0.717) is 16.5 Å². The van der Waals surface area contributed by atoms with Gasteiger partial charge in [0.05, 0.1) is 6.04 Å². The van der Waals surface area contributed by atoms with Crippen molar-refractivity contribution >= 4 is 17.2 Å². The molecule has 0 spiro atoms. The second-order valence-electron chi connectivity index (χ2n) is 5.16. The minimum Gasteiger partial charge on any atom is -0.344 e. The number of nitrogens with one attached hydrogen (secondary N) is 1. The number of benzene rings is 1. The van der Waals surface area contributed by atoms with Crippen molar-refractivity contribution in [1.82, 2.24) is 20.3 Å². The van der Waals surface area contributed by atoms with Gasteiger partial charge in [-0.05, 0) is 31.0 Å². The predicted octanol–water partition coefficient (Wildman–Crippen LogP) is 3.40. The molecule has 5 nitrogen and oxygen atoms in total. The van der Waals surface area contributed by atoms with Gasteiger partial charge in [0.1, 0.15) is 5.69 Å². The number of rotatable bonds is 4. The number of aromatic nitrogens is 3. The fourth-order valence-electron chi connectivity index (χ4n) is 2.31. The van der Waals surface area contributed by atoms with Crippen molar-refractivity contribution in [3.8, 4) is 10.8 Å². The maximum absolute atomic E-state index is 12.4. The van der Waals surface area contributed by atoms with E-state index in [2.05, 4.69) is 20.3 Å². The molecule has 1 amide bonds. The lowest BCUT2D eigenvalue weighted by Gasteiger charge is -2.15. The third kappa shape index (κ3) is 3.43. The van der Waals surface area contributed by atoms with Crippen molar-refractivity contribution in [3.05, 3.63) is 64.9 Å². The molecular weight excluding hydrogens is 308 g/mol. The summed E-state index contributed by atoms with van der Waals surface area (Å²) in [4.78, 5) is 25.0. The van der Waals surface area contributed by atoms with Crippen LogP contribution < -0.4 is 5.32 Å². The van der Waals surface area contributed by atoms with Crippen LogP contribution >= 0.6 is 11.3 Å². The smallest absolute Gasteiger partial charge is 0.271 e. The summed E-state index contributed by atoms with van der Waals surface area (Å²) in [5.41, 5.74) is 2.64. The van der Waals surface area contributed by atoms with E-state index in [-0.39, 0.29) is 11.9 Å². The van der Waals surface area contributed by atoms with Crippen LogP contribution in [0.2, 0.25) is 0 Å². The van der Waals surface area contributed by atoms with Gasteiger partial charge in [-0.2, -0.15) is 0 Å². The molecule has 2 heterocycles. The molecule has 0 radical (unpaired) electrons. The number of thiazole rings is 1. The highest BCUT2D eigenvalue weighted by Crippen LogP contribution is 2.21. The van der Waals surface area contributed by atoms with E-state index in [1.54, 1.807) is 23.8 Å². The van der Waals surface area contributed by atoms with Crippen LogP contribution in [0, 0.1) is 6.92 Å². The largest absolute Gasteiger partial charge is 0.344 e. The van der Waals surface area contributed by atoms with Gasteiger partial charge >= 0.3 is 0 Å². The average molecular weight is 324 g/mol. The molecule has 1 aromatic carbocycles. The Bertz CT molecular complexity index is 816. The van der Waals surface area contributed by atoms with Crippen LogP contribution in [-0.4, -0.2) is 20.9 Å². The van der Waals surface area contributed by atoms with E-state index in [1.807, 2.05) is 38.1 Å². The maximum atomic E-state index is 12.4. The Kier molecular flexibility index (Phi) is 4.43. The summed E-state index contributed by atoms with van der Waals surface area (Å²) < 4.78 is 0. The van der Waals surface area contributed by atoms with E-state index >= 15 is 0 Å². The third-order valence-corrected chi connectivity index (χ3v) is 4.33. The number of carbonyl (C=O) groups excluding carboxylic acids is 1. The number of hydrogen-bond donors (Lipinski definition) is 1. The molecule has 3 aromatic rings. The average Bonchev–Trinajstić information content (AvgIpc) is 3.06. The Hall–Kier alpha value is -2.60. The van der Waals surface area contributed by atoms with E-state index in [1.165, 1.54) is 11.3 Å². The summed E-state index contributed by atoms with van der Waals surface area (Å²) in [6.07, 6.45) is 3.31. The van der Waals surface area contributed by atoms with Crippen LogP contribution in [0.5, 0.6) is 0 Å². The van der Waals surface area contributed by atoms with E-state index < -0.39 is 0 Å². The summed E-state index contributed by atoms with van der Waals surface area (Å²) >= 11 is 1.36. The van der Waals surface area contributed by atoms with Gasteiger partial charge in [0.15, 0.2) is 10.8 Å². The molecular formula is C17H16N4OS. The van der Waals surface area contributed by atoms with Gasteiger partial charge in [0.2, 0.25) is 0 Å². The fourth-order valence-corrected chi connectivity index (χ4v) is 3.06. The van der Waals surface area contributed by atoms with Gasteiger partial charge in [-0.15, -0.1) is 11.3 Å². The normalized spacial score (nSPS) is 11.9. The summed E-state index contributed by atoms with van der Waals surface area (Å²) in [5.74, 6) is 0.336. The van der Waals surface area contributed by atoms with Crippen LogP contribution in [0.1, 0.15) is 34.6 Å². The van der Waals surface area contributed by atoms with Crippen molar-refractivity contribution in [2.24, 2.45) is 0 Å². The summed E-state index contributed by atoms with van der Waals surface area (Å²) in [6.45, 7) is 4.00. The molecule has 0 saturated carbocycles. The first-order valence-corrected chi connectivity index (χ1v) is 8.12. The molecule has 1 atom stereocenters. The van der Waals surface area contributed by atoms with Gasteiger partial charge in [-0.1, -0.05) is 24.3 Å². The number of aryl methyl sites for hydroxylation is 1. The second kappa shape index (κ2) is 6.66. The standard InChI is InChI=1S/C17H16N4OS/c1-11-6-3-4-7-13(11)12(2)20-16(22)14-10-23-17(21-14)15-18-8-5-9-19-15/h3-10,12H,1-2H3,(H,20,22)/t12-/m1/s1. The van der Waals surface area contributed by atoms with Crippen molar-refractivity contribution in [2.75, 3.05) is 0 Å². The van der Waals surface area contributed by atoms with Crippen LogP contribution in [0.15, 0.2) is 48.1 Å². The highest BCUT2D eigenvalue weighted by atomic mass is 32.1. The number of amides is 1. The minimum atomic E-state index is -0.195. The molecule has 1 N–H and O–H groups in total. The predicted molar refractivity (Wildman–Crippen MR) is 90.2 cm³/mol. The Morgan fingerprint density at radius 3 is 2.65 bits per heavy atom. The van der Waals surface area contributed by atoms with Crippen LogP contribution in [0.4, 0.5) is 0 Å². The van der Waals surface area contributed by atoms with Gasteiger partial charge in [0, 0.05) is 17.8 Å². The molecule has 0 unspecified atom stereocenters. The summed E-state index contributed by atoms with van der Waals surface area (Å²) in [5, 5.41) is 5.35. The molecule has 0 aliphatic heterocycles. The number of carbonyl (C=O) groups is 1. The monoisotopic (exact) mass is 324 g/mol. The minimum absolute atomic E-state index is 0.0816. The van der Waals surface area contributed by atoms with Gasteiger partial charge in [-0.3, -0.25) is 4.79 Å². The molecule has 0 bridgehead atoms. The van der Waals surface area contributed by atoms with Gasteiger partial charge < -0.3 is 5.32 Å². The van der Waals surface area contributed by atoms with Crippen LogP contribution in [-0.2, 0) is 0 Å². The Morgan fingerprint density at radius 1 is 1.17 bits per heavy atom. The Morgan fingerprint density at radius 2 is 1.91 bits per heavy atom. The maximum Gasteiger partial charge on any atom is 0.271 e. The number of hydrogen-bond acceptors (Lipinski definition) is 5. The topological polar surface area (TPSA) is 67.8 Å². The molecule has 2 aromatic heterocycles. The van der Waals surface area contributed by atoms with E-state index in [0.717, 1.165) is 11.1 Å². The molecule has 0 saturated heterocycles. The lowest BCUT2D eigenvalue weighted by Crippen LogP contribution is -2.27. The van der Waals surface area contributed by atoms with Crippen molar-refractivity contribution < 1.29 is 4.79 Å². The second-order valence-corrected chi connectivity index (χ2v) is 6.02. The zero-order chi connectivity index (χ0) is 16.2. The lowest BCUT2D eigenvalue weighted by atomic mass is 10.0. The van der Waals surface area contributed by atoms with Crippen LogP contribution in [0.3, 0.4) is 0 Å². The first kappa shape index (κ1) is 15.3. The first-order valence-electron chi connectivity index (χ1n) is 7.24. The van der Waals surface area contributed by atoms with Crippen molar-refractivity contribution in [2.45, 2.75) is 19.9 Å². The highest BCUT2D eigenvalue weighted by Gasteiger charge is 2.16. The zero-order valence-electron chi connectivity index (χ0n) is 12.9. The Balaban J connectivity index is 1.74. The van der Waals surface area contributed by atoms with Crippen LogP contribution in [0.25, 0.3) is 10.8 Å². The summed E-state index contributed by atoms with van der Waals surface area (Å²) in [7, 11) is 0. The molecule has 0 aliphatic rings. The quantitative estimate of drug-likeness (QED) is 0.798. The van der Waals surface area contributed by atoms with Crippen molar-refractivity contribution in [3.63, 3.8) is 0 Å². The molecule has 6 heteroatoms. The van der Waals surface area contributed by atoms with Crippen molar-refractivity contribution in [1.29, 1.82) is 0 Å². The highest BCUT2D eigenvalue weighted by molar-refractivity contribution is 7.13. The van der Waals surface area contributed by atoms with Gasteiger partial charge in [-0.25, -0.2) is 15.0 Å². The fraction of sp³-hybridized carbons (Fsp3) is 0.176. The lowest BCUT2D eigenvalue weighted by molar-refractivity contribution is 0.0935. The molecule has 3 rings (SSSR count). The van der Waals surface area contributed by atoms with Gasteiger partial charge in [0.25, 0.3) is 5.91 Å². The molecule has 0 fully saturated rings. The first-order chi connectivity index (χ1) is 11.1. The van der Waals surface area contributed by atoms with E-state index in [9.17, 15) is 4.79 Å². The third-order valence-electron chi connectivity index (χ3n) is 3.50. The molecule has 23 heavy (non-hydrogen) atoms. The SMILES string of the molecule is Cc1ccccc1[C@@H](C)NC(=O)c1csc(-c2ncccn2)n1. The zero-order valence-corrected chi connectivity index (χ0v) is 13.7. The van der Waals surface area contributed by atoms with E-state index in [4.69, 9.17) is 0 Å². The Labute approximate surface area is 138 Å². The number of nitrogens with zero attached hydrogens (tertiary/aromatic N) is 3. The molecule has 0 aliphatic carbocycles. The molecule has 116 valence electrons. The summed E-state index contributed by atoms with van der Waals surface area (Å²) in [6, 6.07) is 9.67.